The first-order valence-electron chi connectivity index (χ1n) is 8.26. The van der Waals surface area contributed by atoms with Crippen molar-refractivity contribution < 1.29 is 9.90 Å². The maximum atomic E-state index is 12.5. The van der Waals surface area contributed by atoms with Crippen LogP contribution in [0.5, 0.6) is 0 Å². The Hall–Kier alpha value is -1.40. The van der Waals surface area contributed by atoms with E-state index in [4.69, 9.17) is 0 Å². The second kappa shape index (κ2) is 7.74. The van der Waals surface area contributed by atoms with Crippen LogP contribution < -0.4 is 5.32 Å². The summed E-state index contributed by atoms with van der Waals surface area (Å²) in [5, 5.41) is 16.5. The summed E-state index contributed by atoms with van der Waals surface area (Å²) >= 11 is 0. The van der Waals surface area contributed by atoms with E-state index >= 15 is 0 Å². The molecule has 1 amide bonds. The predicted octanol–water partition coefficient (Wildman–Crippen LogP) is 1.89. The van der Waals surface area contributed by atoms with Crippen LogP contribution in [0.1, 0.15) is 46.1 Å². The molecule has 2 atom stereocenters. The first-order chi connectivity index (χ1) is 10.6. The molecule has 0 spiro atoms. The zero-order valence-corrected chi connectivity index (χ0v) is 13.8. The number of carbonyl (C=O) groups is 1. The average Bonchev–Trinajstić information content (AvgIpc) is 3.01. The molecule has 2 rings (SSSR count). The van der Waals surface area contributed by atoms with Gasteiger partial charge in [0.15, 0.2) is 0 Å². The van der Waals surface area contributed by atoms with Gasteiger partial charge in [0, 0.05) is 12.7 Å². The van der Waals surface area contributed by atoms with Crippen LogP contribution in [0.15, 0.2) is 12.3 Å². The van der Waals surface area contributed by atoms with Gasteiger partial charge in [-0.15, -0.1) is 0 Å². The molecule has 1 aromatic rings. The quantitative estimate of drug-likeness (QED) is 0.842. The lowest BCUT2D eigenvalue weighted by atomic mass is 9.97. The molecule has 0 unspecified atom stereocenters. The lowest BCUT2D eigenvalue weighted by molar-refractivity contribution is -0.121. The zero-order valence-electron chi connectivity index (χ0n) is 13.8. The Bertz CT molecular complexity index is 480. The van der Waals surface area contributed by atoms with E-state index in [1.807, 2.05) is 17.7 Å². The smallest absolute Gasteiger partial charge is 0.242 e. The van der Waals surface area contributed by atoms with E-state index in [2.05, 4.69) is 29.2 Å². The van der Waals surface area contributed by atoms with Gasteiger partial charge in [0.25, 0.3) is 0 Å². The van der Waals surface area contributed by atoms with Gasteiger partial charge in [-0.3, -0.25) is 9.69 Å². The number of aliphatic hydroxyl groups excluding tert-OH is 1. The predicted molar refractivity (Wildman–Crippen MR) is 86.7 cm³/mol. The van der Waals surface area contributed by atoms with Crippen molar-refractivity contribution in [2.45, 2.75) is 52.1 Å². The van der Waals surface area contributed by atoms with Crippen molar-refractivity contribution >= 4 is 11.7 Å². The molecule has 1 aliphatic heterocycles. The van der Waals surface area contributed by atoms with Crippen LogP contribution in [0.4, 0.5) is 5.82 Å². The van der Waals surface area contributed by atoms with E-state index < -0.39 is 0 Å². The number of amides is 1. The molecule has 1 aromatic heterocycles. The van der Waals surface area contributed by atoms with Crippen molar-refractivity contribution in [2.75, 3.05) is 25.0 Å². The maximum absolute atomic E-state index is 12.5. The third-order valence-electron chi connectivity index (χ3n) is 4.76. The highest BCUT2D eigenvalue weighted by molar-refractivity contribution is 5.93. The molecule has 124 valence electrons. The number of piperidine rings is 1. The van der Waals surface area contributed by atoms with E-state index in [9.17, 15) is 9.90 Å². The Morgan fingerprint density at radius 3 is 2.73 bits per heavy atom. The first-order valence-corrected chi connectivity index (χ1v) is 8.26. The van der Waals surface area contributed by atoms with E-state index in [-0.39, 0.29) is 24.6 Å². The number of aromatic nitrogens is 2. The standard InChI is InChI=1S/C16H28N4O2/c1-4-12(2)20-15(5-8-17-20)18-16(22)13(3)19-9-6-14(11-21)7-10-19/h5,8,12-14,21H,4,6-7,9-11H2,1-3H3,(H,18,22)/t12-,13+/m1/s1. The summed E-state index contributed by atoms with van der Waals surface area (Å²) in [6.07, 6.45) is 4.60. The minimum Gasteiger partial charge on any atom is -0.396 e. The van der Waals surface area contributed by atoms with Gasteiger partial charge in [-0.05, 0) is 52.1 Å². The molecule has 2 heterocycles. The highest BCUT2D eigenvalue weighted by Crippen LogP contribution is 2.20. The van der Waals surface area contributed by atoms with Gasteiger partial charge >= 0.3 is 0 Å². The largest absolute Gasteiger partial charge is 0.396 e. The van der Waals surface area contributed by atoms with Gasteiger partial charge in [0.05, 0.1) is 18.3 Å². The van der Waals surface area contributed by atoms with Crippen molar-refractivity contribution in [3.63, 3.8) is 0 Å². The monoisotopic (exact) mass is 308 g/mol. The fourth-order valence-electron chi connectivity index (χ4n) is 2.86. The van der Waals surface area contributed by atoms with Crippen LogP contribution in [0.3, 0.4) is 0 Å². The maximum Gasteiger partial charge on any atom is 0.242 e. The molecule has 22 heavy (non-hydrogen) atoms. The zero-order chi connectivity index (χ0) is 16.1. The Labute approximate surface area is 132 Å². The van der Waals surface area contributed by atoms with Crippen molar-refractivity contribution in [3.8, 4) is 0 Å². The second-order valence-corrected chi connectivity index (χ2v) is 6.25. The Morgan fingerprint density at radius 1 is 1.45 bits per heavy atom. The molecule has 0 saturated carbocycles. The average molecular weight is 308 g/mol. The number of likely N-dealkylation sites (tertiary alicyclic amines) is 1. The van der Waals surface area contributed by atoms with Gasteiger partial charge in [0.1, 0.15) is 5.82 Å². The number of carbonyl (C=O) groups excluding carboxylic acids is 1. The van der Waals surface area contributed by atoms with Crippen molar-refractivity contribution in [2.24, 2.45) is 5.92 Å². The molecule has 6 heteroatoms. The van der Waals surface area contributed by atoms with Crippen LogP contribution in [0.25, 0.3) is 0 Å². The Kier molecular flexibility index (Phi) is 5.97. The fraction of sp³-hybridized carbons (Fsp3) is 0.750. The SMILES string of the molecule is CC[C@@H](C)n1nccc1NC(=O)[C@H](C)N1CCC(CO)CC1. The summed E-state index contributed by atoms with van der Waals surface area (Å²) in [4.78, 5) is 14.7. The molecule has 6 nitrogen and oxygen atoms in total. The lowest BCUT2D eigenvalue weighted by Crippen LogP contribution is -2.46. The van der Waals surface area contributed by atoms with Crippen LogP contribution in [-0.2, 0) is 4.79 Å². The third kappa shape index (κ3) is 3.87. The summed E-state index contributed by atoms with van der Waals surface area (Å²) in [6, 6.07) is 1.94. The summed E-state index contributed by atoms with van der Waals surface area (Å²) < 4.78 is 1.86. The van der Waals surface area contributed by atoms with Crippen LogP contribution in [0, 0.1) is 5.92 Å². The summed E-state index contributed by atoms with van der Waals surface area (Å²) in [5.41, 5.74) is 0. The molecular weight excluding hydrogens is 280 g/mol. The molecule has 0 bridgehead atoms. The van der Waals surface area contributed by atoms with E-state index in [0.29, 0.717) is 5.92 Å². The molecule has 0 aliphatic carbocycles. The number of aliphatic hydroxyl groups is 1. The van der Waals surface area contributed by atoms with Crippen molar-refractivity contribution in [1.82, 2.24) is 14.7 Å². The van der Waals surface area contributed by atoms with E-state index in [1.54, 1.807) is 6.20 Å². The first kappa shape index (κ1) is 17.0. The fourth-order valence-corrected chi connectivity index (χ4v) is 2.86. The van der Waals surface area contributed by atoms with Crippen LogP contribution in [-0.4, -0.2) is 51.4 Å². The van der Waals surface area contributed by atoms with Gasteiger partial charge < -0.3 is 10.4 Å². The molecule has 1 aliphatic rings. The minimum atomic E-state index is -0.167. The lowest BCUT2D eigenvalue weighted by Gasteiger charge is -2.34. The number of hydrogen-bond donors (Lipinski definition) is 2. The van der Waals surface area contributed by atoms with Gasteiger partial charge in [-0.1, -0.05) is 6.92 Å². The number of nitrogens with one attached hydrogen (secondary N) is 1. The van der Waals surface area contributed by atoms with Crippen LogP contribution >= 0.6 is 0 Å². The molecule has 1 fully saturated rings. The van der Waals surface area contributed by atoms with Gasteiger partial charge in [0.2, 0.25) is 5.91 Å². The minimum absolute atomic E-state index is 0.00695. The van der Waals surface area contributed by atoms with Crippen LogP contribution in [0.2, 0.25) is 0 Å². The van der Waals surface area contributed by atoms with Gasteiger partial charge in [-0.2, -0.15) is 5.10 Å². The topological polar surface area (TPSA) is 70.4 Å². The van der Waals surface area contributed by atoms with Crippen molar-refractivity contribution in [3.05, 3.63) is 12.3 Å². The van der Waals surface area contributed by atoms with E-state index in [1.165, 1.54) is 0 Å². The highest BCUT2D eigenvalue weighted by atomic mass is 16.3. The highest BCUT2D eigenvalue weighted by Gasteiger charge is 2.26. The second-order valence-electron chi connectivity index (χ2n) is 6.25. The number of rotatable bonds is 6. The summed E-state index contributed by atoms with van der Waals surface area (Å²) in [5.74, 6) is 1.15. The Morgan fingerprint density at radius 2 is 2.14 bits per heavy atom. The van der Waals surface area contributed by atoms with Crippen molar-refractivity contribution in [1.29, 1.82) is 0 Å². The third-order valence-corrected chi connectivity index (χ3v) is 4.76. The number of anilines is 1. The molecule has 2 N–H and O–H groups in total. The molecule has 1 saturated heterocycles. The molecule has 0 radical (unpaired) electrons. The molecular formula is C16H28N4O2. The summed E-state index contributed by atoms with van der Waals surface area (Å²) in [7, 11) is 0. The molecule has 0 aromatic carbocycles. The normalized spacial score (nSPS) is 19.8. The Balaban J connectivity index is 1.93. The van der Waals surface area contributed by atoms with E-state index in [0.717, 1.165) is 38.2 Å². The number of hydrogen-bond acceptors (Lipinski definition) is 4. The number of nitrogens with zero attached hydrogens (tertiary/aromatic N) is 3. The summed E-state index contributed by atoms with van der Waals surface area (Å²) in [6.45, 7) is 8.12. The van der Waals surface area contributed by atoms with Gasteiger partial charge in [-0.25, -0.2) is 4.68 Å².